The van der Waals surface area contributed by atoms with E-state index >= 15 is 0 Å². The van der Waals surface area contributed by atoms with Crippen LogP contribution in [0.5, 0.6) is 0 Å². The minimum Gasteiger partial charge on any atom is -0.373 e. The van der Waals surface area contributed by atoms with E-state index in [1.54, 1.807) is 0 Å². The molecular weight excluding hydrogens is 236 g/mol. The fraction of sp³-hybridized carbons (Fsp3) is 0.733. The maximum atomic E-state index is 4.62. The Morgan fingerprint density at radius 2 is 2.05 bits per heavy atom. The van der Waals surface area contributed by atoms with E-state index in [0.29, 0.717) is 11.5 Å². The van der Waals surface area contributed by atoms with Crippen LogP contribution in [0, 0.1) is 5.41 Å². The lowest BCUT2D eigenvalue weighted by molar-refractivity contribution is 0.378. The molecule has 4 nitrogen and oxygen atoms in total. The Labute approximate surface area is 116 Å². The molecule has 106 valence electrons. The lowest BCUT2D eigenvalue weighted by Crippen LogP contribution is -2.19. The molecule has 0 bridgehead atoms. The third kappa shape index (κ3) is 3.82. The zero-order valence-electron chi connectivity index (χ0n) is 12.6. The summed E-state index contributed by atoms with van der Waals surface area (Å²) in [5, 5.41) is 6.70. The number of aryl methyl sites for hydroxylation is 1. The van der Waals surface area contributed by atoms with E-state index in [2.05, 4.69) is 41.4 Å². The molecule has 19 heavy (non-hydrogen) atoms. The van der Waals surface area contributed by atoms with Gasteiger partial charge in [0.2, 0.25) is 0 Å². The van der Waals surface area contributed by atoms with Gasteiger partial charge in [0, 0.05) is 25.6 Å². The van der Waals surface area contributed by atoms with Gasteiger partial charge in [-0.25, -0.2) is 9.97 Å². The summed E-state index contributed by atoms with van der Waals surface area (Å²) in [5.41, 5.74) is 0.461. The second-order valence-electron chi connectivity index (χ2n) is 6.30. The molecule has 0 saturated heterocycles. The van der Waals surface area contributed by atoms with Crippen molar-refractivity contribution < 1.29 is 0 Å². The topological polar surface area (TPSA) is 49.8 Å². The molecule has 0 aromatic carbocycles. The first-order valence-electron chi connectivity index (χ1n) is 7.34. The molecule has 1 aromatic heterocycles. The molecular formula is C15H26N4. The van der Waals surface area contributed by atoms with Crippen molar-refractivity contribution in [2.24, 2.45) is 5.41 Å². The molecule has 1 aliphatic rings. The largest absolute Gasteiger partial charge is 0.373 e. The van der Waals surface area contributed by atoms with Gasteiger partial charge in [-0.1, -0.05) is 20.8 Å². The van der Waals surface area contributed by atoms with Crippen LogP contribution in [0.3, 0.4) is 0 Å². The van der Waals surface area contributed by atoms with E-state index < -0.39 is 0 Å². The van der Waals surface area contributed by atoms with E-state index in [1.807, 2.05) is 13.1 Å². The van der Waals surface area contributed by atoms with Gasteiger partial charge in [-0.3, -0.25) is 0 Å². The van der Waals surface area contributed by atoms with Gasteiger partial charge in [0.05, 0.1) is 0 Å². The zero-order valence-corrected chi connectivity index (χ0v) is 12.6. The maximum Gasteiger partial charge on any atom is 0.133 e. The quantitative estimate of drug-likeness (QED) is 0.853. The van der Waals surface area contributed by atoms with Crippen LogP contribution in [0.4, 0.5) is 11.6 Å². The van der Waals surface area contributed by atoms with Crippen LogP contribution in [0.15, 0.2) is 6.07 Å². The average Bonchev–Trinajstić information content (AvgIpc) is 2.68. The highest BCUT2D eigenvalue weighted by molar-refractivity contribution is 5.47. The molecule has 2 rings (SSSR count). The summed E-state index contributed by atoms with van der Waals surface area (Å²) < 4.78 is 0. The summed E-state index contributed by atoms with van der Waals surface area (Å²) in [6.45, 7) is 6.84. The van der Waals surface area contributed by atoms with Crippen LogP contribution in [0.25, 0.3) is 0 Å². The van der Waals surface area contributed by atoms with Crippen LogP contribution in [-0.4, -0.2) is 23.1 Å². The van der Waals surface area contributed by atoms with Gasteiger partial charge in [-0.15, -0.1) is 0 Å². The van der Waals surface area contributed by atoms with Crippen molar-refractivity contribution in [2.45, 2.75) is 58.9 Å². The zero-order chi connectivity index (χ0) is 13.9. The first-order valence-corrected chi connectivity index (χ1v) is 7.34. The van der Waals surface area contributed by atoms with Crippen molar-refractivity contribution in [3.05, 3.63) is 11.9 Å². The van der Waals surface area contributed by atoms with Gasteiger partial charge < -0.3 is 10.6 Å². The van der Waals surface area contributed by atoms with Crippen LogP contribution >= 0.6 is 0 Å². The van der Waals surface area contributed by atoms with Crippen LogP contribution in [0.2, 0.25) is 0 Å². The summed E-state index contributed by atoms with van der Waals surface area (Å²) in [7, 11) is 1.90. The summed E-state index contributed by atoms with van der Waals surface area (Å²) in [4.78, 5) is 9.10. The molecule has 1 aliphatic carbocycles. The first-order chi connectivity index (χ1) is 9.02. The lowest BCUT2D eigenvalue weighted by atomic mass is 9.92. The summed E-state index contributed by atoms with van der Waals surface area (Å²) >= 11 is 0. The maximum absolute atomic E-state index is 4.62. The SMILES string of the molecule is CCCc1nc(NC)cc(NC2CCC(C)(C)C2)n1. The third-order valence-corrected chi connectivity index (χ3v) is 3.82. The van der Waals surface area contributed by atoms with E-state index in [9.17, 15) is 0 Å². The Hall–Kier alpha value is -1.32. The minimum absolute atomic E-state index is 0.461. The molecule has 1 saturated carbocycles. The summed E-state index contributed by atoms with van der Waals surface area (Å²) in [6, 6.07) is 2.55. The molecule has 0 spiro atoms. The highest BCUT2D eigenvalue weighted by atomic mass is 15.1. The molecule has 1 unspecified atom stereocenters. The summed E-state index contributed by atoms with van der Waals surface area (Å²) in [5.74, 6) is 2.79. The second-order valence-corrected chi connectivity index (χ2v) is 6.30. The van der Waals surface area contributed by atoms with Gasteiger partial charge in [-0.05, 0) is 31.1 Å². The Bertz CT molecular complexity index is 428. The first kappa shape index (κ1) is 14.1. The fourth-order valence-corrected chi connectivity index (χ4v) is 2.80. The monoisotopic (exact) mass is 262 g/mol. The predicted molar refractivity (Wildman–Crippen MR) is 80.6 cm³/mol. The van der Waals surface area contributed by atoms with Crippen molar-refractivity contribution in [2.75, 3.05) is 17.7 Å². The molecule has 1 fully saturated rings. The Kier molecular flexibility index (Phi) is 4.27. The van der Waals surface area contributed by atoms with Crippen LogP contribution < -0.4 is 10.6 Å². The minimum atomic E-state index is 0.461. The smallest absolute Gasteiger partial charge is 0.133 e. The normalized spacial score (nSPS) is 21.4. The van der Waals surface area contributed by atoms with Gasteiger partial charge in [0.25, 0.3) is 0 Å². The molecule has 1 atom stereocenters. The number of hydrogen-bond donors (Lipinski definition) is 2. The number of hydrogen-bond acceptors (Lipinski definition) is 4. The van der Waals surface area contributed by atoms with Gasteiger partial charge >= 0.3 is 0 Å². The highest BCUT2D eigenvalue weighted by Crippen LogP contribution is 2.38. The predicted octanol–water partition coefficient (Wildman–Crippen LogP) is 3.46. The number of aromatic nitrogens is 2. The third-order valence-electron chi connectivity index (χ3n) is 3.82. The van der Waals surface area contributed by atoms with Gasteiger partial charge in [-0.2, -0.15) is 0 Å². The van der Waals surface area contributed by atoms with Crippen molar-refractivity contribution >= 4 is 11.6 Å². The van der Waals surface area contributed by atoms with E-state index in [4.69, 9.17) is 0 Å². The molecule has 1 aromatic rings. The second kappa shape index (κ2) is 5.76. The highest BCUT2D eigenvalue weighted by Gasteiger charge is 2.30. The van der Waals surface area contributed by atoms with Crippen LogP contribution in [0.1, 0.15) is 52.3 Å². The number of anilines is 2. The van der Waals surface area contributed by atoms with Crippen molar-refractivity contribution in [3.8, 4) is 0 Å². The standard InChI is InChI=1S/C15H26N4/c1-5-6-12-18-13(16-4)9-14(19-12)17-11-7-8-15(2,3)10-11/h9,11H,5-8,10H2,1-4H3,(H2,16,17,18,19). The number of nitrogens with one attached hydrogen (secondary N) is 2. The Balaban J connectivity index is 2.09. The van der Waals surface area contributed by atoms with E-state index in [-0.39, 0.29) is 0 Å². The number of rotatable bonds is 5. The van der Waals surface area contributed by atoms with Gasteiger partial charge in [0.1, 0.15) is 17.5 Å². The average molecular weight is 262 g/mol. The van der Waals surface area contributed by atoms with Crippen molar-refractivity contribution in [1.82, 2.24) is 9.97 Å². The Morgan fingerprint density at radius 3 is 2.63 bits per heavy atom. The molecule has 0 amide bonds. The van der Waals surface area contributed by atoms with Crippen LogP contribution in [-0.2, 0) is 6.42 Å². The van der Waals surface area contributed by atoms with E-state index in [1.165, 1.54) is 19.3 Å². The number of nitrogens with zero attached hydrogens (tertiary/aromatic N) is 2. The van der Waals surface area contributed by atoms with Crippen molar-refractivity contribution in [3.63, 3.8) is 0 Å². The van der Waals surface area contributed by atoms with Gasteiger partial charge in [0.15, 0.2) is 0 Å². The molecule has 1 heterocycles. The van der Waals surface area contributed by atoms with Crippen molar-refractivity contribution in [1.29, 1.82) is 0 Å². The Morgan fingerprint density at radius 1 is 1.32 bits per heavy atom. The molecule has 0 aliphatic heterocycles. The summed E-state index contributed by atoms with van der Waals surface area (Å²) in [6.07, 6.45) is 5.74. The molecule has 4 heteroatoms. The molecule has 0 radical (unpaired) electrons. The molecule has 2 N–H and O–H groups in total. The van der Waals surface area contributed by atoms with E-state index in [0.717, 1.165) is 30.3 Å². The lowest BCUT2D eigenvalue weighted by Gasteiger charge is -2.18. The fourth-order valence-electron chi connectivity index (χ4n) is 2.80.